The summed E-state index contributed by atoms with van der Waals surface area (Å²) in [5.74, 6) is -1.83. The molecular weight excluding hydrogens is 312 g/mol. The number of rotatable bonds is 6. The Kier molecular flexibility index (Phi) is 5.26. The van der Waals surface area contributed by atoms with Crippen molar-refractivity contribution in [2.24, 2.45) is 0 Å². The summed E-state index contributed by atoms with van der Waals surface area (Å²) in [6, 6.07) is 11.4. The molecule has 1 amide bonds. The number of nitrogens with one attached hydrogen (secondary N) is 1. The first-order chi connectivity index (χ1) is 11.4. The van der Waals surface area contributed by atoms with E-state index < -0.39 is 29.3 Å². The van der Waals surface area contributed by atoms with Gasteiger partial charge in [0.15, 0.2) is 0 Å². The number of nitro benzene ring substituents is 1. The van der Waals surface area contributed by atoms with E-state index in [-0.39, 0.29) is 5.69 Å². The highest BCUT2D eigenvalue weighted by Crippen LogP contribution is 2.22. The van der Waals surface area contributed by atoms with Gasteiger partial charge in [0.2, 0.25) is 0 Å². The fraction of sp³-hybridized carbons (Fsp3) is 0.176. The van der Waals surface area contributed by atoms with Crippen LogP contribution in [0, 0.1) is 17.0 Å². The summed E-state index contributed by atoms with van der Waals surface area (Å²) in [5.41, 5.74) is 1.41. The molecule has 7 heteroatoms. The van der Waals surface area contributed by atoms with Gasteiger partial charge in [-0.3, -0.25) is 14.9 Å². The molecule has 0 saturated carbocycles. The van der Waals surface area contributed by atoms with Gasteiger partial charge in [-0.15, -0.1) is 0 Å². The Morgan fingerprint density at radius 2 is 1.88 bits per heavy atom. The van der Waals surface area contributed by atoms with Crippen molar-refractivity contribution in [3.63, 3.8) is 0 Å². The number of carboxylic acid groups (broad SMARTS) is 1. The van der Waals surface area contributed by atoms with E-state index in [9.17, 15) is 24.8 Å². The summed E-state index contributed by atoms with van der Waals surface area (Å²) in [6.07, 6.45) is -0.487. The molecule has 1 unspecified atom stereocenters. The standard InChI is InChI=1S/C17H16N2O5/c1-11-4-2-6-13(8-11)17(22)18-15(10-16(20)21)12-5-3-7-14(9-12)19(23)24/h2-9,15H,10H2,1H3,(H,18,22)(H,20,21)/p-1. The number of carbonyl (C=O) groups excluding carboxylic acids is 2. The zero-order valence-electron chi connectivity index (χ0n) is 12.9. The van der Waals surface area contributed by atoms with E-state index in [1.807, 2.05) is 13.0 Å². The molecule has 0 aliphatic carbocycles. The van der Waals surface area contributed by atoms with Crippen LogP contribution in [0.5, 0.6) is 0 Å². The van der Waals surface area contributed by atoms with E-state index in [1.165, 1.54) is 24.3 Å². The predicted octanol–water partition coefficient (Wildman–Crippen LogP) is 1.51. The highest BCUT2D eigenvalue weighted by molar-refractivity contribution is 5.94. The van der Waals surface area contributed by atoms with Gasteiger partial charge in [-0.1, -0.05) is 29.8 Å². The normalized spacial score (nSPS) is 11.5. The van der Waals surface area contributed by atoms with Crippen LogP contribution in [0.4, 0.5) is 5.69 Å². The number of nitro groups is 1. The van der Waals surface area contributed by atoms with Crippen LogP contribution in [0.25, 0.3) is 0 Å². The number of non-ortho nitro benzene ring substituents is 1. The highest BCUT2D eigenvalue weighted by Gasteiger charge is 2.18. The number of amides is 1. The summed E-state index contributed by atoms with van der Waals surface area (Å²) in [7, 11) is 0. The van der Waals surface area contributed by atoms with Crippen molar-refractivity contribution in [2.45, 2.75) is 19.4 Å². The van der Waals surface area contributed by atoms with Gasteiger partial charge >= 0.3 is 0 Å². The van der Waals surface area contributed by atoms with Crippen LogP contribution in [0.2, 0.25) is 0 Å². The van der Waals surface area contributed by atoms with Crippen LogP contribution in [0.15, 0.2) is 48.5 Å². The Hall–Kier alpha value is -3.22. The van der Waals surface area contributed by atoms with E-state index in [1.54, 1.807) is 18.2 Å². The fourth-order valence-corrected chi connectivity index (χ4v) is 2.30. The average molecular weight is 327 g/mol. The minimum Gasteiger partial charge on any atom is -0.550 e. The van der Waals surface area contributed by atoms with Crippen molar-refractivity contribution < 1.29 is 19.6 Å². The lowest BCUT2D eigenvalue weighted by Gasteiger charge is -2.20. The maximum Gasteiger partial charge on any atom is 0.269 e. The van der Waals surface area contributed by atoms with Crippen LogP contribution in [0.3, 0.4) is 0 Å². The maximum absolute atomic E-state index is 12.3. The maximum atomic E-state index is 12.3. The van der Waals surface area contributed by atoms with Gasteiger partial charge in [0.25, 0.3) is 11.6 Å². The summed E-state index contributed by atoms with van der Waals surface area (Å²) < 4.78 is 0. The molecule has 0 aliphatic rings. The third kappa shape index (κ3) is 4.39. The van der Waals surface area contributed by atoms with E-state index in [0.29, 0.717) is 11.1 Å². The van der Waals surface area contributed by atoms with Gasteiger partial charge in [0.05, 0.1) is 11.0 Å². The van der Waals surface area contributed by atoms with Crippen LogP contribution in [-0.2, 0) is 4.79 Å². The second kappa shape index (κ2) is 7.36. The SMILES string of the molecule is Cc1cccc(C(=O)NC(CC(=O)[O-])c2cccc([N+](=O)[O-])c2)c1. The number of carbonyl (C=O) groups is 2. The Balaban J connectivity index is 2.28. The van der Waals surface area contributed by atoms with Crippen LogP contribution in [0.1, 0.15) is 33.9 Å². The molecule has 0 spiro atoms. The van der Waals surface area contributed by atoms with Gasteiger partial charge in [-0.2, -0.15) is 0 Å². The molecule has 2 aromatic rings. The lowest BCUT2D eigenvalue weighted by atomic mass is 10.0. The molecule has 0 aromatic heterocycles. The first-order valence-electron chi connectivity index (χ1n) is 7.18. The molecule has 1 atom stereocenters. The Bertz CT molecular complexity index is 788. The van der Waals surface area contributed by atoms with E-state index in [0.717, 1.165) is 5.56 Å². The fourth-order valence-electron chi connectivity index (χ4n) is 2.30. The van der Waals surface area contributed by atoms with Gasteiger partial charge in [0.1, 0.15) is 0 Å². The van der Waals surface area contributed by atoms with Crippen LogP contribution >= 0.6 is 0 Å². The van der Waals surface area contributed by atoms with E-state index in [4.69, 9.17) is 0 Å². The molecule has 2 aromatic carbocycles. The molecule has 0 fully saturated rings. The first kappa shape index (κ1) is 17.1. The minimum atomic E-state index is -1.36. The van der Waals surface area contributed by atoms with E-state index in [2.05, 4.69) is 5.32 Å². The average Bonchev–Trinajstić information content (AvgIpc) is 2.54. The molecular formula is C17H15N2O5-. The van der Waals surface area contributed by atoms with Crippen molar-refractivity contribution in [3.8, 4) is 0 Å². The second-order valence-electron chi connectivity index (χ2n) is 5.32. The number of hydrogen-bond acceptors (Lipinski definition) is 5. The number of aliphatic carboxylic acids is 1. The summed E-state index contributed by atoms with van der Waals surface area (Å²) in [6.45, 7) is 1.83. The number of carboxylic acids is 1. The summed E-state index contributed by atoms with van der Waals surface area (Å²) >= 11 is 0. The Morgan fingerprint density at radius 1 is 1.17 bits per heavy atom. The zero-order valence-corrected chi connectivity index (χ0v) is 12.9. The van der Waals surface area contributed by atoms with Gasteiger partial charge in [0, 0.05) is 30.1 Å². The second-order valence-corrected chi connectivity index (χ2v) is 5.32. The van der Waals surface area contributed by atoms with Gasteiger partial charge in [-0.25, -0.2) is 0 Å². The topological polar surface area (TPSA) is 112 Å². The molecule has 124 valence electrons. The van der Waals surface area contributed by atoms with Crippen molar-refractivity contribution in [2.75, 3.05) is 0 Å². The van der Waals surface area contributed by atoms with Crippen molar-refractivity contribution >= 4 is 17.6 Å². The Labute approximate surface area is 138 Å². The highest BCUT2D eigenvalue weighted by atomic mass is 16.6. The molecule has 0 radical (unpaired) electrons. The van der Waals surface area contributed by atoms with E-state index >= 15 is 0 Å². The molecule has 24 heavy (non-hydrogen) atoms. The van der Waals surface area contributed by atoms with Crippen molar-refractivity contribution in [3.05, 3.63) is 75.3 Å². The zero-order chi connectivity index (χ0) is 17.7. The van der Waals surface area contributed by atoms with Gasteiger partial charge < -0.3 is 15.2 Å². The molecule has 1 N–H and O–H groups in total. The quantitative estimate of drug-likeness (QED) is 0.638. The molecule has 0 bridgehead atoms. The molecule has 0 saturated heterocycles. The smallest absolute Gasteiger partial charge is 0.269 e. The molecule has 7 nitrogen and oxygen atoms in total. The lowest BCUT2D eigenvalue weighted by molar-refractivity contribution is -0.385. The number of hydrogen-bond donors (Lipinski definition) is 1. The Morgan fingerprint density at radius 3 is 2.50 bits per heavy atom. The number of aryl methyl sites for hydroxylation is 1. The molecule has 0 aliphatic heterocycles. The largest absolute Gasteiger partial charge is 0.550 e. The van der Waals surface area contributed by atoms with Crippen molar-refractivity contribution in [1.82, 2.24) is 5.32 Å². The molecule has 0 heterocycles. The summed E-state index contributed by atoms with van der Waals surface area (Å²) in [5, 5.41) is 24.4. The third-order valence-electron chi connectivity index (χ3n) is 3.44. The van der Waals surface area contributed by atoms with Crippen LogP contribution in [-0.4, -0.2) is 16.8 Å². The third-order valence-corrected chi connectivity index (χ3v) is 3.44. The lowest BCUT2D eigenvalue weighted by Crippen LogP contribution is -2.34. The van der Waals surface area contributed by atoms with Crippen LogP contribution < -0.4 is 10.4 Å². The number of benzene rings is 2. The summed E-state index contributed by atoms with van der Waals surface area (Å²) in [4.78, 5) is 33.6. The number of nitrogens with zero attached hydrogens (tertiary/aromatic N) is 1. The van der Waals surface area contributed by atoms with Gasteiger partial charge in [-0.05, 0) is 24.6 Å². The monoisotopic (exact) mass is 327 g/mol. The first-order valence-corrected chi connectivity index (χ1v) is 7.18. The minimum absolute atomic E-state index is 0.180. The predicted molar refractivity (Wildman–Crippen MR) is 84.1 cm³/mol. The van der Waals surface area contributed by atoms with Crippen molar-refractivity contribution in [1.29, 1.82) is 0 Å². The molecule has 2 rings (SSSR count).